The Bertz CT molecular complexity index is 1350. The van der Waals surface area contributed by atoms with Crippen molar-refractivity contribution in [3.05, 3.63) is 123 Å². The molecule has 0 aromatic heterocycles. The van der Waals surface area contributed by atoms with E-state index in [0.29, 0.717) is 5.69 Å². The Kier molecular flexibility index (Phi) is 7.24. The summed E-state index contributed by atoms with van der Waals surface area (Å²) in [6.45, 7) is 0. The zero-order valence-corrected chi connectivity index (χ0v) is 19.4. The first-order valence-electron chi connectivity index (χ1n) is 10.9. The molecule has 0 amide bonds. The van der Waals surface area contributed by atoms with Crippen molar-refractivity contribution >= 4 is 34.4 Å². The van der Waals surface area contributed by atoms with E-state index < -0.39 is 32.9 Å². The number of hydrazine groups is 1. The minimum absolute atomic E-state index is 0.119. The molecule has 4 rings (SSSR count). The van der Waals surface area contributed by atoms with E-state index in [2.05, 4.69) is 10.2 Å². The molecule has 11 heteroatoms. The van der Waals surface area contributed by atoms with Gasteiger partial charge in [-0.2, -0.15) is 0 Å². The van der Waals surface area contributed by atoms with Gasteiger partial charge in [0.2, 0.25) is 0 Å². The summed E-state index contributed by atoms with van der Waals surface area (Å²) in [5.74, 6) is -1.43. The molecule has 0 aliphatic carbocycles. The van der Waals surface area contributed by atoms with Gasteiger partial charge in [0.15, 0.2) is 0 Å². The van der Waals surface area contributed by atoms with E-state index in [1.165, 1.54) is 12.1 Å². The van der Waals surface area contributed by atoms with Crippen LogP contribution in [-0.2, 0) is 4.74 Å². The average molecular weight is 500 g/mol. The maximum atomic E-state index is 11.8. The Morgan fingerprint density at radius 1 is 0.784 bits per heavy atom. The monoisotopic (exact) mass is 500 g/mol. The first kappa shape index (κ1) is 24.7. The van der Waals surface area contributed by atoms with Crippen molar-refractivity contribution in [1.82, 2.24) is 0 Å². The highest BCUT2D eigenvalue weighted by molar-refractivity contribution is 5.92. The number of para-hydroxylation sites is 2. The highest BCUT2D eigenvalue weighted by atomic mass is 16.6. The van der Waals surface area contributed by atoms with Crippen LogP contribution in [0.15, 0.2) is 97.1 Å². The van der Waals surface area contributed by atoms with Gasteiger partial charge in [-0.15, -0.1) is 0 Å². The highest BCUT2D eigenvalue weighted by Gasteiger charge is 2.31. The molecule has 37 heavy (non-hydrogen) atoms. The maximum absolute atomic E-state index is 11.8. The molecule has 11 nitrogen and oxygen atoms in total. The zero-order valence-electron chi connectivity index (χ0n) is 19.4. The minimum Gasteiger partial charge on any atom is -0.465 e. The molecule has 0 spiro atoms. The molecule has 0 unspecified atom stereocenters. The van der Waals surface area contributed by atoms with E-state index in [1.807, 2.05) is 65.7 Å². The number of esters is 1. The number of nitro groups is 2. The Balaban J connectivity index is 1.64. The molecule has 0 saturated carbocycles. The summed E-state index contributed by atoms with van der Waals surface area (Å²) in [5.41, 5.74) is 3.90. The molecule has 0 fully saturated rings. The number of rotatable bonds is 9. The topological polar surface area (TPSA) is 137 Å². The summed E-state index contributed by atoms with van der Waals surface area (Å²) >= 11 is 0. The molecule has 4 aromatic rings. The van der Waals surface area contributed by atoms with E-state index >= 15 is 0 Å². The van der Waals surface area contributed by atoms with Crippen molar-refractivity contribution in [3.8, 4) is 11.5 Å². The predicted octanol–water partition coefficient (Wildman–Crippen LogP) is 6.25. The van der Waals surface area contributed by atoms with Gasteiger partial charge in [0.1, 0.15) is 5.75 Å². The van der Waals surface area contributed by atoms with Gasteiger partial charge in [0.05, 0.1) is 39.6 Å². The third-order valence-corrected chi connectivity index (χ3v) is 5.21. The fourth-order valence-electron chi connectivity index (χ4n) is 3.49. The number of benzene rings is 4. The van der Waals surface area contributed by atoms with Crippen LogP contribution < -0.4 is 15.2 Å². The van der Waals surface area contributed by atoms with Gasteiger partial charge in [-0.1, -0.05) is 36.4 Å². The number of carbonyl (C=O) groups excluding carboxylic acids is 1. The molecular weight excluding hydrogens is 480 g/mol. The number of hydrogen-bond acceptors (Lipinski definition) is 9. The van der Waals surface area contributed by atoms with Gasteiger partial charge in [0.25, 0.3) is 5.75 Å². The summed E-state index contributed by atoms with van der Waals surface area (Å²) in [7, 11) is 1.07. The molecular formula is C26H20N4O7. The lowest BCUT2D eigenvalue weighted by Gasteiger charge is -2.26. The third-order valence-electron chi connectivity index (χ3n) is 5.21. The quantitative estimate of drug-likeness (QED) is 0.161. The van der Waals surface area contributed by atoms with Gasteiger partial charge >= 0.3 is 17.3 Å². The van der Waals surface area contributed by atoms with Crippen LogP contribution in [0.1, 0.15) is 10.4 Å². The predicted molar refractivity (Wildman–Crippen MR) is 136 cm³/mol. The van der Waals surface area contributed by atoms with Gasteiger partial charge in [-0.25, -0.2) is 4.79 Å². The van der Waals surface area contributed by atoms with E-state index in [0.717, 1.165) is 30.6 Å². The lowest BCUT2D eigenvalue weighted by atomic mass is 10.1. The van der Waals surface area contributed by atoms with E-state index in [4.69, 9.17) is 4.74 Å². The van der Waals surface area contributed by atoms with Gasteiger partial charge < -0.3 is 9.47 Å². The second-order valence-corrected chi connectivity index (χ2v) is 7.59. The van der Waals surface area contributed by atoms with Crippen molar-refractivity contribution < 1.29 is 24.1 Å². The molecule has 0 atom stereocenters. The second-order valence-electron chi connectivity index (χ2n) is 7.59. The van der Waals surface area contributed by atoms with Crippen LogP contribution in [0, 0.1) is 20.2 Å². The summed E-state index contributed by atoms with van der Waals surface area (Å²) in [5, 5.41) is 25.1. The fourth-order valence-corrected chi connectivity index (χ4v) is 3.49. The normalized spacial score (nSPS) is 10.3. The van der Waals surface area contributed by atoms with Crippen LogP contribution in [0.2, 0.25) is 0 Å². The van der Waals surface area contributed by atoms with Crippen LogP contribution in [0.4, 0.5) is 28.4 Å². The van der Waals surface area contributed by atoms with Gasteiger partial charge in [-0.3, -0.25) is 30.7 Å². The first-order chi connectivity index (χ1) is 17.9. The summed E-state index contributed by atoms with van der Waals surface area (Å²) in [6.07, 6.45) is 0. The SMILES string of the molecule is COC(=O)c1cc([N+](=O)[O-])c(Oc2ccc(NN(c3ccccc3)c3ccccc3)cc2)c([N+](=O)[O-])c1. The smallest absolute Gasteiger partial charge is 0.338 e. The standard InChI is InChI=1S/C26H20N4O7/c1-36-26(31)18-16-23(29(32)33)25(24(17-18)30(34)35)37-22-14-12-19(13-15-22)27-28(20-8-4-2-5-9-20)21-10-6-3-7-11-21/h2-17,27H,1H3. The minimum atomic E-state index is -0.949. The van der Waals surface area contributed by atoms with Gasteiger partial charge in [0, 0.05) is 12.1 Å². The second kappa shape index (κ2) is 10.9. The molecule has 0 heterocycles. The Morgan fingerprint density at radius 3 is 1.70 bits per heavy atom. The highest BCUT2D eigenvalue weighted by Crippen LogP contribution is 2.41. The van der Waals surface area contributed by atoms with Gasteiger partial charge in [-0.05, 0) is 48.5 Å². The fraction of sp³-hybridized carbons (Fsp3) is 0.0385. The molecule has 1 N–H and O–H groups in total. The molecule has 4 aromatic carbocycles. The Hall–Kier alpha value is -5.45. The molecule has 0 saturated heterocycles. The molecule has 0 bridgehead atoms. The number of nitro benzene ring substituents is 2. The van der Waals surface area contributed by atoms with Crippen molar-refractivity contribution in [2.24, 2.45) is 0 Å². The number of ether oxygens (including phenoxy) is 2. The molecule has 0 aliphatic rings. The summed E-state index contributed by atoms with van der Waals surface area (Å²) in [6, 6.07) is 27.3. The number of anilines is 3. The van der Waals surface area contributed by atoms with Crippen LogP contribution in [0.3, 0.4) is 0 Å². The maximum Gasteiger partial charge on any atom is 0.338 e. The number of nitrogens with zero attached hydrogens (tertiary/aromatic N) is 3. The van der Waals surface area contributed by atoms with Crippen molar-refractivity contribution in [2.45, 2.75) is 0 Å². The Labute approximate surface area is 210 Å². The summed E-state index contributed by atoms with van der Waals surface area (Å²) in [4.78, 5) is 33.4. The lowest BCUT2D eigenvalue weighted by molar-refractivity contribution is -0.395. The van der Waals surface area contributed by atoms with E-state index in [-0.39, 0.29) is 11.3 Å². The summed E-state index contributed by atoms with van der Waals surface area (Å²) < 4.78 is 10.1. The molecule has 0 aliphatic heterocycles. The van der Waals surface area contributed by atoms with E-state index in [1.54, 1.807) is 12.1 Å². The van der Waals surface area contributed by atoms with Crippen molar-refractivity contribution in [1.29, 1.82) is 0 Å². The van der Waals surface area contributed by atoms with Crippen LogP contribution in [0.5, 0.6) is 11.5 Å². The number of carbonyl (C=O) groups is 1. The lowest BCUT2D eigenvalue weighted by Crippen LogP contribution is -2.24. The van der Waals surface area contributed by atoms with Crippen LogP contribution in [-0.4, -0.2) is 22.9 Å². The molecule has 0 radical (unpaired) electrons. The number of nitrogens with one attached hydrogen (secondary N) is 1. The average Bonchev–Trinajstić information content (AvgIpc) is 2.92. The zero-order chi connectivity index (χ0) is 26.4. The number of methoxy groups -OCH3 is 1. The number of hydrogen-bond donors (Lipinski definition) is 1. The largest absolute Gasteiger partial charge is 0.465 e. The first-order valence-corrected chi connectivity index (χ1v) is 10.9. The van der Waals surface area contributed by atoms with Crippen molar-refractivity contribution in [2.75, 3.05) is 17.5 Å². The van der Waals surface area contributed by atoms with E-state index in [9.17, 15) is 25.0 Å². The Morgan fingerprint density at radius 2 is 1.27 bits per heavy atom. The third kappa shape index (κ3) is 5.62. The molecule has 186 valence electrons. The van der Waals surface area contributed by atoms with Crippen LogP contribution >= 0.6 is 0 Å². The van der Waals surface area contributed by atoms with Crippen molar-refractivity contribution in [3.63, 3.8) is 0 Å². The van der Waals surface area contributed by atoms with Crippen LogP contribution in [0.25, 0.3) is 0 Å².